The fraction of sp³-hybridized carbons (Fsp3) is 0.286. The third kappa shape index (κ3) is 3.36. The van der Waals surface area contributed by atoms with Crippen LogP contribution >= 0.6 is 15.9 Å². The molecule has 0 aliphatic carbocycles. The molecule has 0 atom stereocenters. The van der Waals surface area contributed by atoms with Crippen LogP contribution < -0.4 is 0 Å². The van der Waals surface area contributed by atoms with E-state index in [2.05, 4.69) is 20.9 Å². The van der Waals surface area contributed by atoms with Gasteiger partial charge in [0.2, 0.25) is 5.82 Å². The van der Waals surface area contributed by atoms with E-state index in [1.54, 1.807) is 23.6 Å². The summed E-state index contributed by atoms with van der Waals surface area (Å²) in [7, 11) is 0. The molecule has 0 N–H and O–H groups in total. The van der Waals surface area contributed by atoms with Crippen LogP contribution in [0.4, 0.5) is 5.82 Å². The van der Waals surface area contributed by atoms with Gasteiger partial charge in [0.1, 0.15) is 0 Å². The van der Waals surface area contributed by atoms with E-state index in [1.165, 1.54) is 0 Å². The van der Waals surface area contributed by atoms with Gasteiger partial charge in [0.25, 0.3) is 0 Å². The van der Waals surface area contributed by atoms with E-state index in [1.807, 2.05) is 19.1 Å². The molecule has 6 nitrogen and oxygen atoms in total. The Bertz CT molecular complexity index is 692. The second-order valence-electron chi connectivity index (χ2n) is 4.72. The molecule has 0 spiro atoms. The van der Waals surface area contributed by atoms with E-state index >= 15 is 0 Å². The molecule has 2 rings (SSSR count). The average molecular weight is 352 g/mol. The molecular formula is C14H14BrN3O3. The van der Waals surface area contributed by atoms with Crippen molar-refractivity contribution in [3.8, 4) is 0 Å². The van der Waals surface area contributed by atoms with Crippen LogP contribution in [-0.2, 0) is 6.54 Å². The van der Waals surface area contributed by atoms with Gasteiger partial charge in [-0.05, 0) is 32.8 Å². The Morgan fingerprint density at radius 1 is 1.33 bits per heavy atom. The monoisotopic (exact) mass is 351 g/mol. The van der Waals surface area contributed by atoms with Gasteiger partial charge in [-0.15, -0.1) is 0 Å². The van der Waals surface area contributed by atoms with Crippen molar-refractivity contribution < 1.29 is 9.72 Å². The lowest BCUT2D eigenvalue weighted by Crippen LogP contribution is -2.08. The van der Waals surface area contributed by atoms with Gasteiger partial charge in [0.05, 0.1) is 0 Å². The number of aryl methyl sites for hydroxylation is 2. The van der Waals surface area contributed by atoms with Gasteiger partial charge >= 0.3 is 5.82 Å². The molecule has 0 fully saturated rings. The van der Waals surface area contributed by atoms with Gasteiger partial charge in [-0.1, -0.05) is 29.8 Å². The summed E-state index contributed by atoms with van der Waals surface area (Å²) >= 11 is 3.17. The number of carbonyl (C=O) groups excluding carboxylic acids is 1. The van der Waals surface area contributed by atoms with Crippen LogP contribution in [0.2, 0.25) is 0 Å². The van der Waals surface area contributed by atoms with E-state index in [0.717, 1.165) is 5.56 Å². The minimum atomic E-state index is -0.546. The molecule has 21 heavy (non-hydrogen) atoms. The third-order valence-corrected chi connectivity index (χ3v) is 3.97. The summed E-state index contributed by atoms with van der Waals surface area (Å²) in [6.07, 6.45) is 0.260. The van der Waals surface area contributed by atoms with Gasteiger partial charge < -0.3 is 10.1 Å². The van der Waals surface area contributed by atoms with Crippen molar-refractivity contribution in [1.29, 1.82) is 0 Å². The number of hydrogen-bond acceptors (Lipinski definition) is 4. The minimum Gasteiger partial charge on any atom is -0.358 e. The van der Waals surface area contributed by atoms with Gasteiger partial charge in [0, 0.05) is 25.5 Å². The maximum Gasteiger partial charge on any atom is 0.396 e. The number of carbonyl (C=O) groups is 1. The second-order valence-corrected chi connectivity index (χ2v) is 5.47. The normalized spacial score (nSPS) is 10.6. The lowest BCUT2D eigenvalue weighted by atomic mass is 10.1. The van der Waals surface area contributed by atoms with Crippen molar-refractivity contribution >= 4 is 27.5 Å². The van der Waals surface area contributed by atoms with Gasteiger partial charge in [0.15, 0.2) is 10.4 Å². The summed E-state index contributed by atoms with van der Waals surface area (Å²) < 4.78 is 1.92. The highest BCUT2D eigenvalue weighted by atomic mass is 79.9. The summed E-state index contributed by atoms with van der Waals surface area (Å²) in [5.41, 5.74) is 1.74. The van der Waals surface area contributed by atoms with Crippen LogP contribution in [0.5, 0.6) is 0 Å². The highest BCUT2D eigenvalue weighted by Gasteiger charge is 2.23. The third-order valence-electron chi connectivity index (χ3n) is 3.19. The number of aromatic nitrogens is 2. The molecule has 0 radical (unpaired) electrons. The number of Topliss-reactive ketones (excluding diaryl/α,β-unsaturated/α-hetero) is 1. The van der Waals surface area contributed by atoms with Crippen LogP contribution in [0.1, 0.15) is 28.2 Å². The quantitative estimate of drug-likeness (QED) is 0.469. The van der Waals surface area contributed by atoms with Crippen LogP contribution in [0, 0.1) is 24.0 Å². The highest BCUT2D eigenvalue weighted by molar-refractivity contribution is 9.10. The molecule has 0 unspecified atom stereocenters. The molecule has 0 saturated carbocycles. The Hall–Kier alpha value is -2.02. The molecule has 0 bridgehead atoms. The number of rotatable bonds is 5. The van der Waals surface area contributed by atoms with Crippen molar-refractivity contribution in [3.05, 3.63) is 55.9 Å². The Kier molecular flexibility index (Phi) is 4.52. The Balaban J connectivity index is 2.11. The molecule has 0 aliphatic heterocycles. The van der Waals surface area contributed by atoms with Gasteiger partial charge in [-0.25, -0.2) is 0 Å². The predicted molar refractivity (Wildman–Crippen MR) is 81.4 cm³/mol. The number of ketones is 1. The molecule has 7 heteroatoms. The summed E-state index contributed by atoms with van der Waals surface area (Å²) in [5.74, 6) is 0.276. The first-order valence-electron chi connectivity index (χ1n) is 6.37. The maximum atomic E-state index is 12.1. The number of imidazole rings is 1. The van der Waals surface area contributed by atoms with Crippen LogP contribution in [-0.4, -0.2) is 20.3 Å². The van der Waals surface area contributed by atoms with E-state index in [0.29, 0.717) is 22.5 Å². The van der Waals surface area contributed by atoms with Crippen molar-refractivity contribution in [1.82, 2.24) is 9.55 Å². The number of nitro groups is 1. The van der Waals surface area contributed by atoms with E-state index in [-0.39, 0.29) is 18.0 Å². The molecule has 0 amide bonds. The van der Waals surface area contributed by atoms with E-state index in [4.69, 9.17) is 0 Å². The van der Waals surface area contributed by atoms with E-state index in [9.17, 15) is 14.9 Å². The standard InChI is InChI=1S/C14H14BrN3O3/c1-9-3-5-11(6-4-9)12(19)7-8-17-10(2)16-14(13(17)15)18(20)21/h3-6H,7-8H2,1-2H3. The Labute approximate surface area is 130 Å². The number of benzene rings is 1. The first-order chi connectivity index (χ1) is 9.90. The molecule has 1 aromatic carbocycles. The van der Waals surface area contributed by atoms with Crippen LogP contribution in [0.3, 0.4) is 0 Å². The Morgan fingerprint density at radius 2 is 1.95 bits per heavy atom. The summed E-state index contributed by atoms with van der Waals surface area (Å²) in [6.45, 7) is 3.98. The topological polar surface area (TPSA) is 78.0 Å². The summed E-state index contributed by atoms with van der Waals surface area (Å²) in [6, 6.07) is 7.35. The smallest absolute Gasteiger partial charge is 0.358 e. The fourth-order valence-electron chi connectivity index (χ4n) is 2.00. The lowest BCUT2D eigenvalue weighted by molar-refractivity contribution is -0.390. The number of nitrogens with zero attached hydrogens (tertiary/aromatic N) is 3. The van der Waals surface area contributed by atoms with E-state index < -0.39 is 4.92 Å². The molecule has 1 heterocycles. The molecular weight excluding hydrogens is 338 g/mol. The zero-order chi connectivity index (χ0) is 15.6. The first kappa shape index (κ1) is 15.4. The average Bonchev–Trinajstić information content (AvgIpc) is 2.72. The fourth-order valence-corrected chi connectivity index (χ4v) is 2.66. The van der Waals surface area contributed by atoms with Gasteiger partial charge in [-0.3, -0.25) is 9.36 Å². The number of halogens is 1. The first-order valence-corrected chi connectivity index (χ1v) is 7.16. The SMILES string of the molecule is Cc1ccc(C(=O)CCn2c(C)nc([N+](=O)[O-])c2Br)cc1. The second kappa shape index (κ2) is 6.17. The summed E-state index contributed by atoms with van der Waals surface area (Å²) in [4.78, 5) is 26.3. The number of hydrogen-bond donors (Lipinski definition) is 0. The molecule has 0 aliphatic rings. The van der Waals surface area contributed by atoms with Crippen molar-refractivity contribution in [2.24, 2.45) is 0 Å². The maximum absolute atomic E-state index is 12.1. The molecule has 1 aromatic heterocycles. The largest absolute Gasteiger partial charge is 0.396 e. The van der Waals surface area contributed by atoms with Crippen molar-refractivity contribution in [2.75, 3.05) is 0 Å². The van der Waals surface area contributed by atoms with Crippen molar-refractivity contribution in [2.45, 2.75) is 26.8 Å². The van der Waals surface area contributed by atoms with Crippen LogP contribution in [0.15, 0.2) is 28.9 Å². The summed E-state index contributed by atoms with van der Waals surface area (Å²) in [5, 5.41) is 10.8. The molecule has 110 valence electrons. The Morgan fingerprint density at radius 3 is 2.48 bits per heavy atom. The molecule has 2 aromatic rings. The van der Waals surface area contributed by atoms with Gasteiger partial charge in [-0.2, -0.15) is 0 Å². The zero-order valence-corrected chi connectivity index (χ0v) is 13.3. The zero-order valence-electron chi connectivity index (χ0n) is 11.7. The van der Waals surface area contributed by atoms with Crippen molar-refractivity contribution in [3.63, 3.8) is 0 Å². The lowest BCUT2D eigenvalue weighted by Gasteiger charge is -2.04. The highest BCUT2D eigenvalue weighted by Crippen LogP contribution is 2.25. The minimum absolute atomic E-state index is 0.00217. The van der Waals surface area contributed by atoms with Crippen LogP contribution in [0.25, 0.3) is 0 Å². The molecule has 0 saturated heterocycles. The predicted octanol–water partition coefficient (Wildman–Crippen LogP) is 3.44.